The quantitative estimate of drug-likeness (QED) is 0.625. The molecular formula is C21H23NO2. The number of rotatable bonds is 5. The number of carbonyl (C=O) groups excluding carboxylic acids is 1. The summed E-state index contributed by atoms with van der Waals surface area (Å²) in [6.45, 7) is 7.21. The third-order valence-corrected chi connectivity index (χ3v) is 4.51. The number of benzene rings is 2. The van der Waals surface area contributed by atoms with E-state index in [-0.39, 0.29) is 5.78 Å². The molecule has 3 heteroatoms. The number of hydrogen-bond acceptors (Lipinski definition) is 2. The van der Waals surface area contributed by atoms with Crippen LogP contribution in [0.3, 0.4) is 0 Å². The zero-order chi connectivity index (χ0) is 17.3. The highest BCUT2D eigenvalue weighted by atomic mass is 16.5. The normalized spacial score (nSPS) is 11.0. The van der Waals surface area contributed by atoms with Crippen molar-refractivity contribution in [3.05, 3.63) is 64.8 Å². The van der Waals surface area contributed by atoms with Gasteiger partial charge in [-0.25, -0.2) is 0 Å². The van der Waals surface area contributed by atoms with Crippen LogP contribution >= 0.6 is 0 Å². The van der Waals surface area contributed by atoms with Gasteiger partial charge in [-0.2, -0.15) is 0 Å². The molecule has 0 atom stereocenters. The Morgan fingerprint density at radius 2 is 1.79 bits per heavy atom. The molecule has 0 amide bonds. The Hall–Kier alpha value is -2.55. The molecule has 0 spiro atoms. The highest BCUT2D eigenvalue weighted by Crippen LogP contribution is 2.29. The third kappa shape index (κ3) is 2.71. The van der Waals surface area contributed by atoms with Gasteiger partial charge in [-0.3, -0.25) is 4.79 Å². The van der Waals surface area contributed by atoms with Gasteiger partial charge in [0, 0.05) is 28.7 Å². The van der Waals surface area contributed by atoms with Crippen molar-refractivity contribution in [1.29, 1.82) is 0 Å². The van der Waals surface area contributed by atoms with Gasteiger partial charge in [0.1, 0.15) is 5.75 Å². The Balaban J connectivity index is 2.17. The first-order valence-electron chi connectivity index (χ1n) is 8.35. The van der Waals surface area contributed by atoms with Gasteiger partial charge in [-0.05, 0) is 56.2 Å². The van der Waals surface area contributed by atoms with E-state index in [0.29, 0.717) is 5.56 Å². The Kier molecular flexibility index (Phi) is 4.43. The van der Waals surface area contributed by atoms with Gasteiger partial charge in [0.05, 0.1) is 12.7 Å². The van der Waals surface area contributed by atoms with Crippen LogP contribution in [0.5, 0.6) is 5.75 Å². The van der Waals surface area contributed by atoms with E-state index in [2.05, 4.69) is 36.6 Å². The lowest BCUT2D eigenvalue weighted by Gasteiger charge is -2.07. The lowest BCUT2D eigenvalue weighted by atomic mass is 10.00. The van der Waals surface area contributed by atoms with Gasteiger partial charge in [0.25, 0.3) is 0 Å². The zero-order valence-corrected chi connectivity index (χ0v) is 14.7. The molecule has 0 aliphatic heterocycles. The minimum atomic E-state index is 0.0684. The summed E-state index contributed by atoms with van der Waals surface area (Å²) in [5.41, 5.74) is 4.89. The van der Waals surface area contributed by atoms with Crippen LogP contribution in [-0.4, -0.2) is 17.5 Å². The van der Waals surface area contributed by atoms with Gasteiger partial charge >= 0.3 is 0 Å². The number of nitrogens with zero attached hydrogens (tertiary/aromatic N) is 1. The van der Waals surface area contributed by atoms with Crippen LogP contribution in [0.1, 0.15) is 40.5 Å². The van der Waals surface area contributed by atoms with Gasteiger partial charge in [-0.15, -0.1) is 0 Å². The number of aromatic nitrogens is 1. The first kappa shape index (κ1) is 16.3. The van der Waals surface area contributed by atoms with E-state index in [1.165, 1.54) is 5.56 Å². The monoisotopic (exact) mass is 321 g/mol. The van der Waals surface area contributed by atoms with Crippen molar-refractivity contribution < 1.29 is 9.53 Å². The molecule has 1 aromatic heterocycles. The average Bonchev–Trinajstić information content (AvgIpc) is 2.86. The molecule has 0 aliphatic carbocycles. The predicted molar refractivity (Wildman–Crippen MR) is 98.1 cm³/mol. The number of ether oxygens (including phenoxy) is 1. The van der Waals surface area contributed by atoms with Gasteiger partial charge in [0.2, 0.25) is 0 Å². The first-order chi connectivity index (χ1) is 11.6. The lowest BCUT2D eigenvalue weighted by molar-refractivity contribution is 0.103. The third-order valence-electron chi connectivity index (χ3n) is 4.51. The highest BCUT2D eigenvalue weighted by Gasteiger charge is 2.21. The number of fused-ring (bicyclic) bond motifs is 1. The smallest absolute Gasteiger partial charge is 0.195 e. The van der Waals surface area contributed by atoms with E-state index in [1.54, 1.807) is 7.11 Å². The van der Waals surface area contributed by atoms with Crippen LogP contribution < -0.4 is 4.74 Å². The minimum Gasteiger partial charge on any atom is -0.497 e. The summed E-state index contributed by atoms with van der Waals surface area (Å²) >= 11 is 0. The molecule has 0 unspecified atom stereocenters. The maximum atomic E-state index is 13.1. The summed E-state index contributed by atoms with van der Waals surface area (Å²) in [6.07, 6.45) is 1.04. The number of ketones is 1. The van der Waals surface area contributed by atoms with Gasteiger partial charge < -0.3 is 9.30 Å². The van der Waals surface area contributed by atoms with Crippen LogP contribution in [0, 0.1) is 13.8 Å². The Labute approximate surface area is 142 Å². The average molecular weight is 321 g/mol. The van der Waals surface area contributed by atoms with E-state index in [4.69, 9.17) is 4.74 Å². The standard InChI is InChI=1S/C21H23NO2/c1-5-12-22-15(3)20(18-11-6-14(2)13-19(18)22)21(23)16-7-9-17(24-4)10-8-16/h6-11,13H,5,12H2,1-4H3. The summed E-state index contributed by atoms with van der Waals surface area (Å²) in [6, 6.07) is 13.6. The van der Waals surface area contributed by atoms with E-state index >= 15 is 0 Å². The second kappa shape index (κ2) is 6.52. The summed E-state index contributed by atoms with van der Waals surface area (Å²) < 4.78 is 7.45. The lowest BCUT2D eigenvalue weighted by Crippen LogP contribution is -2.05. The van der Waals surface area contributed by atoms with Crippen LogP contribution in [0.15, 0.2) is 42.5 Å². The van der Waals surface area contributed by atoms with Crippen molar-refractivity contribution in [2.24, 2.45) is 0 Å². The topological polar surface area (TPSA) is 31.2 Å². The fourth-order valence-electron chi connectivity index (χ4n) is 3.27. The van der Waals surface area contributed by atoms with E-state index in [0.717, 1.165) is 40.9 Å². The molecule has 0 aliphatic rings. The fraction of sp³-hybridized carbons (Fsp3) is 0.286. The van der Waals surface area contributed by atoms with Crippen LogP contribution in [0.25, 0.3) is 10.9 Å². The minimum absolute atomic E-state index is 0.0684. The van der Waals surface area contributed by atoms with Crippen molar-refractivity contribution in [3.63, 3.8) is 0 Å². The molecule has 24 heavy (non-hydrogen) atoms. The molecule has 124 valence electrons. The molecule has 0 radical (unpaired) electrons. The fourth-order valence-corrected chi connectivity index (χ4v) is 3.27. The summed E-state index contributed by atoms with van der Waals surface area (Å²) in [5.74, 6) is 0.825. The number of aryl methyl sites for hydroxylation is 2. The number of hydrogen-bond donors (Lipinski definition) is 0. The molecule has 1 heterocycles. The second-order valence-electron chi connectivity index (χ2n) is 6.19. The molecule has 0 fully saturated rings. The first-order valence-corrected chi connectivity index (χ1v) is 8.35. The molecule has 3 aromatic rings. The Morgan fingerprint density at radius 3 is 2.42 bits per heavy atom. The Morgan fingerprint density at radius 1 is 1.08 bits per heavy atom. The van der Waals surface area contributed by atoms with Crippen molar-refractivity contribution in [2.45, 2.75) is 33.7 Å². The number of methoxy groups -OCH3 is 1. The van der Waals surface area contributed by atoms with Crippen LogP contribution in [-0.2, 0) is 6.54 Å². The Bertz CT molecular complexity index is 888. The number of carbonyl (C=O) groups is 1. The van der Waals surface area contributed by atoms with Gasteiger partial charge in [0.15, 0.2) is 5.78 Å². The highest BCUT2D eigenvalue weighted by molar-refractivity contribution is 6.17. The predicted octanol–water partition coefficient (Wildman–Crippen LogP) is 4.91. The van der Waals surface area contributed by atoms with Gasteiger partial charge in [-0.1, -0.05) is 19.1 Å². The summed E-state index contributed by atoms with van der Waals surface area (Å²) in [4.78, 5) is 13.1. The summed E-state index contributed by atoms with van der Waals surface area (Å²) in [7, 11) is 1.63. The molecule has 2 aromatic carbocycles. The molecule has 0 bridgehead atoms. The van der Waals surface area contributed by atoms with Crippen LogP contribution in [0.4, 0.5) is 0 Å². The molecule has 0 saturated carbocycles. The van der Waals surface area contributed by atoms with Crippen molar-refractivity contribution in [2.75, 3.05) is 7.11 Å². The summed E-state index contributed by atoms with van der Waals surface area (Å²) in [5, 5.41) is 1.03. The molecular weight excluding hydrogens is 298 g/mol. The second-order valence-corrected chi connectivity index (χ2v) is 6.19. The largest absolute Gasteiger partial charge is 0.497 e. The molecule has 3 rings (SSSR count). The van der Waals surface area contributed by atoms with Crippen molar-refractivity contribution in [1.82, 2.24) is 4.57 Å². The van der Waals surface area contributed by atoms with E-state index < -0.39 is 0 Å². The van der Waals surface area contributed by atoms with Crippen LogP contribution in [0.2, 0.25) is 0 Å². The maximum Gasteiger partial charge on any atom is 0.195 e. The van der Waals surface area contributed by atoms with E-state index in [9.17, 15) is 4.79 Å². The van der Waals surface area contributed by atoms with Crippen molar-refractivity contribution in [3.8, 4) is 5.75 Å². The molecule has 0 saturated heterocycles. The molecule has 0 N–H and O–H groups in total. The zero-order valence-electron chi connectivity index (χ0n) is 14.7. The SMILES string of the molecule is CCCn1c(C)c(C(=O)c2ccc(OC)cc2)c2ccc(C)cc21. The van der Waals surface area contributed by atoms with E-state index in [1.807, 2.05) is 31.2 Å². The molecule has 3 nitrogen and oxygen atoms in total. The van der Waals surface area contributed by atoms with Crippen molar-refractivity contribution >= 4 is 16.7 Å². The maximum absolute atomic E-state index is 13.1.